The molecule has 0 amide bonds. The highest BCUT2D eigenvalue weighted by Gasteiger charge is 2.49. The van der Waals surface area contributed by atoms with Gasteiger partial charge in [-0.15, -0.1) is 0 Å². The zero-order valence-electron chi connectivity index (χ0n) is 27.2. The Morgan fingerprint density at radius 1 is 0.525 bits per heavy atom. The van der Waals surface area contributed by atoms with Gasteiger partial charge in [-0.2, -0.15) is 10.1 Å². The maximum atomic E-state index is 10.8. The van der Waals surface area contributed by atoms with E-state index in [2.05, 4.69) is 65.5 Å². The van der Waals surface area contributed by atoms with E-state index in [1.54, 1.807) is 0 Å². The van der Waals surface area contributed by atoms with Crippen LogP contribution in [0.15, 0.2) is 0 Å². The fourth-order valence-corrected chi connectivity index (χ4v) is 8.33. The van der Waals surface area contributed by atoms with E-state index in [4.69, 9.17) is 19.1 Å². The molecule has 4 rings (SSSR count). The number of aliphatic hydroxyl groups excluding tert-OH is 1. The molecule has 0 aromatic rings. The van der Waals surface area contributed by atoms with Gasteiger partial charge in [0.15, 0.2) is 0 Å². The van der Waals surface area contributed by atoms with E-state index in [0.29, 0.717) is 25.4 Å². The summed E-state index contributed by atoms with van der Waals surface area (Å²) in [6, 6.07) is 0. The van der Waals surface area contributed by atoms with Crippen molar-refractivity contribution in [1.29, 1.82) is 0 Å². The van der Waals surface area contributed by atoms with Gasteiger partial charge in [0.25, 0.3) is 0 Å². The minimum Gasteiger partial charge on any atom is -0.388 e. The fraction of sp³-hybridized carbons (Fsp3) is 1.00. The second kappa shape index (κ2) is 13.2. The first-order chi connectivity index (χ1) is 18.7. The molecule has 0 aromatic heterocycles. The number of hydroxylamine groups is 4. The second-order valence-electron chi connectivity index (χ2n) is 16.0. The third-order valence-electron chi connectivity index (χ3n) is 9.77. The minimum absolute atomic E-state index is 0.0869. The summed E-state index contributed by atoms with van der Waals surface area (Å²) in [6.07, 6.45) is 16.2. The average Bonchev–Trinajstić information content (AvgIpc) is 2.86. The lowest BCUT2D eigenvalue weighted by Gasteiger charge is -2.55. The standard InChI is InChI=1S/C33H62N2O5/c1-30(2)19-28(20-31(3,4)34(30)39-26-15-11-9-12-16-26)37-23-25(36)24-38-29-21-32(5,6)35(33(7,8)22-29)40-27-17-13-10-14-18-27/h25-29,36H,9-24H2,1-8H3. The lowest BCUT2D eigenvalue weighted by molar-refractivity contribution is -0.321. The maximum Gasteiger partial charge on any atom is 0.101 e. The second-order valence-corrected chi connectivity index (χ2v) is 16.0. The molecule has 4 aliphatic rings. The van der Waals surface area contributed by atoms with Crippen LogP contribution in [0.25, 0.3) is 0 Å². The third-order valence-corrected chi connectivity index (χ3v) is 9.77. The number of rotatable bonds is 10. The van der Waals surface area contributed by atoms with Crippen LogP contribution in [0.4, 0.5) is 0 Å². The molecule has 2 aliphatic heterocycles. The van der Waals surface area contributed by atoms with Gasteiger partial charge < -0.3 is 14.6 Å². The van der Waals surface area contributed by atoms with Crippen molar-refractivity contribution in [1.82, 2.24) is 10.1 Å². The van der Waals surface area contributed by atoms with Crippen molar-refractivity contribution in [3.63, 3.8) is 0 Å². The summed E-state index contributed by atoms with van der Waals surface area (Å²) in [7, 11) is 0. The number of piperidine rings is 2. The van der Waals surface area contributed by atoms with Crippen LogP contribution >= 0.6 is 0 Å². The topological polar surface area (TPSA) is 63.6 Å². The average molecular weight is 567 g/mol. The van der Waals surface area contributed by atoms with E-state index < -0.39 is 6.10 Å². The highest BCUT2D eigenvalue weighted by atomic mass is 16.7. The van der Waals surface area contributed by atoms with E-state index in [1.807, 2.05) is 0 Å². The predicted octanol–water partition coefficient (Wildman–Crippen LogP) is 6.95. The van der Waals surface area contributed by atoms with Crippen LogP contribution in [-0.2, 0) is 19.1 Å². The monoisotopic (exact) mass is 566 g/mol. The zero-order valence-corrected chi connectivity index (χ0v) is 27.2. The Hall–Kier alpha value is -0.280. The Labute approximate surface area is 245 Å². The molecular formula is C33H62N2O5. The van der Waals surface area contributed by atoms with E-state index in [0.717, 1.165) is 51.4 Å². The van der Waals surface area contributed by atoms with Crippen LogP contribution in [0.5, 0.6) is 0 Å². The van der Waals surface area contributed by atoms with Crippen molar-refractivity contribution in [3.05, 3.63) is 0 Å². The molecule has 0 unspecified atom stereocenters. The summed E-state index contributed by atoms with van der Waals surface area (Å²) in [5.41, 5.74) is -0.515. The molecule has 1 N–H and O–H groups in total. The van der Waals surface area contributed by atoms with Crippen molar-refractivity contribution >= 4 is 0 Å². The lowest BCUT2D eigenvalue weighted by Crippen LogP contribution is -2.63. The van der Waals surface area contributed by atoms with Gasteiger partial charge in [0, 0.05) is 22.2 Å². The summed E-state index contributed by atoms with van der Waals surface area (Å²) in [6.45, 7) is 18.7. The lowest BCUT2D eigenvalue weighted by atomic mass is 9.80. The summed E-state index contributed by atoms with van der Waals surface area (Å²) in [5, 5.41) is 15.4. The molecule has 2 saturated carbocycles. The number of hydrogen-bond acceptors (Lipinski definition) is 7. The zero-order chi connectivity index (χ0) is 29.2. The maximum absolute atomic E-state index is 10.8. The van der Waals surface area contributed by atoms with Crippen LogP contribution in [0, 0.1) is 0 Å². The molecular weight excluding hydrogens is 504 g/mol. The molecule has 40 heavy (non-hydrogen) atoms. The summed E-state index contributed by atoms with van der Waals surface area (Å²) in [4.78, 5) is 13.2. The molecule has 2 aliphatic carbocycles. The number of ether oxygens (including phenoxy) is 2. The van der Waals surface area contributed by atoms with Crippen LogP contribution < -0.4 is 0 Å². The van der Waals surface area contributed by atoms with Crippen LogP contribution in [0.2, 0.25) is 0 Å². The molecule has 0 atom stereocenters. The first-order valence-corrected chi connectivity index (χ1v) is 16.5. The van der Waals surface area contributed by atoms with Crippen molar-refractivity contribution in [3.8, 4) is 0 Å². The summed E-state index contributed by atoms with van der Waals surface area (Å²) in [5.74, 6) is 0. The smallest absolute Gasteiger partial charge is 0.101 e. The summed E-state index contributed by atoms with van der Waals surface area (Å²) >= 11 is 0. The Balaban J connectivity index is 1.23. The van der Waals surface area contributed by atoms with Crippen molar-refractivity contribution < 1.29 is 24.3 Å². The fourth-order valence-electron chi connectivity index (χ4n) is 8.33. The molecule has 2 heterocycles. The quantitative estimate of drug-likeness (QED) is 0.307. The van der Waals surface area contributed by atoms with Gasteiger partial charge in [-0.3, -0.25) is 9.68 Å². The largest absolute Gasteiger partial charge is 0.388 e. The Morgan fingerprint density at radius 3 is 1.12 bits per heavy atom. The van der Waals surface area contributed by atoms with Gasteiger partial charge in [-0.25, -0.2) is 0 Å². The van der Waals surface area contributed by atoms with Gasteiger partial charge in [0.2, 0.25) is 0 Å². The van der Waals surface area contributed by atoms with E-state index >= 15 is 0 Å². The summed E-state index contributed by atoms with van der Waals surface area (Å²) < 4.78 is 12.7. The van der Waals surface area contributed by atoms with E-state index in [-0.39, 0.29) is 34.4 Å². The molecule has 2 saturated heterocycles. The molecule has 4 fully saturated rings. The van der Waals surface area contributed by atoms with Gasteiger partial charge in [0.1, 0.15) is 6.10 Å². The number of hydrogen-bond donors (Lipinski definition) is 1. The van der Waals surface area contributed by atoms with E-state index in [1.165, 1.54) is 38.5 Å². The minimum atomic E-state index is -0.634. The first kappa shape index (κ1) is 32.6. The van der Waals surface area contributed by atoms with Crippen molar-refractivity contribution in [2.75, 3.05) is 13.2 Å². The van der Waals surface area contributed by atoms with Crippen LogP contribution in [0.1, 0.15) is 145 Å². The van der Waals surface area contributed by atoms with Crippen LogP contribution in [0.3, 0.4) is 0 Å². The molecule has 0 radical (unpaired) electrons. The van der Waals surface area contributed by atoms with Crippen LogP contribution in [-0.4, -0.2) is 81.1 Å². The molecule has 7 nitrogen and oxygen atoms in total. The van der Waals surface area contributed by atoms with Gasteiger partial charge in [-0.05, 0) is 107 Å². The molecule has 0 bridgehead atoms. The Morgan fingerprint density at radius 2 is 0.825 bits per heavy atom. The van der Waals surface area contributed by atoms with Crippen molar-refractivity contribution in [2.45, 2.75) is 198 Å². The SMILES string of the molecule is CC1(C)CC(OCC(O)COC2CC(C)(C)N(OC3CCCCC3)C(C)(C)C2)CC(C)(C)N1OC1CCCCC1. The molecule has 0 aromatic carbocycles. The Kier molecular flexibility index (Phi) is 10.7. The number of aliphatic hydroxyl groups is 1. The van der Waals surface area contributed by atoms with Gasteiger partial charge >= 0.3 is 0 Å². The highest BCUT2D eigenvalue weighted by Crippen LogP contribution is 2.43. The van der Waals surface area contributed by atoms with E-state index in [9.17, 15) is 5.11 Å². The Bertz CT molecular complexity index is 688. The molecule has 0 spiro atoms. The highest BCUT2D eigenvalue weighted by molar-refractivity contribution is 4.99. The van der Waals surface area contributed by atoms with Gasteiger partial charge in [0.05, 0.1) is 37.6 Å². The van der Waals surface area contributed by atoms with Crippen molar-refractivity contribution in [2.24, 2.45) is 0 Å². The molecule has 7 heteroatoms. The normalized spacial score (nSPS) is 29.2. The predicted molar refractivity (Wildman–Crippen MR) is 160 cm³/mol. The van der Waals surface area contributed by atoms with Gasteiger partial charge in [-0.1, -0.05) is 38.5 Å². The first-order valence-electron chi connectivity index (χ1n) is 16.5. The molecule has 234 valence electrons. The third kappa shape index (κ3) is 8.42. The number of nitrogens with zero attached hydrogens (tertiary/aromatic N) is 2.